The van der Waals surface area contributed by atoms with Gasteiger partial charge in [-0.05, 0) is 41.7 Å². The second-order valence-electron chi connectivity index (χ2n) is 7.15. The fourth-order valence-electron chi connectivity index (χ4n) is 4.17. The summed E-state index contributed by atoms with van der Waals surface area (Å²) < 4.78 is 34.4. The first kappa shape index (κ1) is 16.9. The molecule has 1 fully saturated rings. The van der Waals surface area contributed by atoms with Crippen molar-refractivity contribution in [1.82, 2.24) is 0 Å². The molecule has 1 atom stereocenters. The molecule has 0 unspecified atom stereocenters. The van der Waals surface area contributed by atoms with Gasteiger partial charge >= 0.3 is 0 Å². The molecule has 0 spiro atoms. The Bertz CT molecular complexity index is 1030. The number of methoxy groups -OCH3 is 1. The number of thiophene rings is 1. The third-order valence-corrected chi connectivity index (χ3v) is 6.83. The van der Waals surface area contributed by atoms with E-state index in [2.05, 4.69) is 17.0 Å². The fraction of sp³-hybridized carbons (Fsp3) is 0.273. The molecule has 0 amide bonds. The predicted octanol–water partition coefficient (Wildman–Crippen LogP) is 5.49. The van der Waals surface area contributed by atoms with Gasteiger partial charge in [-0.3, -0.25) is 0 Å². The van der Waals surface area contributed by atoms with Crippen molar-refractivity contribution >= 4 is 16.3 Å². The molecule has 5 heteroatoms. The lowest BCUT2D eigenvalue weighted by atomic mass is 9.98. The summed E-state index contributed by atoms with van der Waals surface area (Å²) in [5, 5.41) is 1.09. The molecule has 3 aromatic rings. The maximum absolute atomic E-state index is 14.9. The SMILES string of the molecule is CO[C@H]1CCN(c2cc3c(s2)-c2ccccc2Cc2ccc(F)c(F)c2-3)C1. The molecular weight excluding hydrogens is 364 g/mol. The average molecular weight is 383 g/mol. The summed E-state index contributed by atoms with van der Waals surface area (Å²) >= 11 is 1.66. The highest BCUT2D eigenvalue weighted by Crippen LogP contribution is 2.49. The molecule has 138 valence electrons. The van der Waals surface area contributed by atoms with Crippen molar-refractivity contribution < 1.29 is 13.5 Å². The second kappa shape index (κ2) is 6.43. The fourth-order valence-corrected chi connectivity index (χ4v) is 5.43. The van der Waals surface area contributed by atoms with E-state index in [1.807, 2.05) is 18.2 Å². The zero-order chi connectivity index (χ0) is 18.5. The molecule has 27 heavy (non-hydrogen) atoms. The third kappa shape index (κ3) is 2.68. The number of fused-ring (bicyclic) bond motifs is 5. The lowest BCUT2D eigenvalue weighted by Crippen LogP contribution is -2.21. The summed E-state index contributed by atoms with van der Waals surface area (Å²) in [6, 6.07) is 13.1. The van der Waals surface area contributed by atoms with Gasteiger partial charge in [0.25, 0.3) is 0 Å². The smallest absolute Gasteiger partial charge is 0.166 e. The van der Waals surface area contributed by atoms with E-state index in [0.29, 0.717) is 12.0 Å². The maximum atomic E-state index is 14.9. The Morgan fingerprint density at radius 3 is 2.74 bits per heavy atom. The first-order chi connectivity index (χ1) is 13.2. The predicted molar refractivity (Wildman–Crippen MR) is 106 cm³/mol. The Morgan fingerprint density at radius 2 is 1.93 bits per heavy atom. The summed E-state index contributed by atoms with van der Waals surface area (Å²) in [6.45, 7) is 1.74. The van der Waals surface area contributed by atoms with E-state index in [0.717, 1.165) is 51.6 Å². The van der Waals surface area contributed by atoms with Crippen LogP contribution in [-0.4, -0.2) is 26.3 Å². The summed E-state index contributed by atoms with van der Waals surface area (Å²) in [5.41, 5.74) is 4.30. The Hall–Kier alpha value is -2.24. The van der Waals surface area contributed by atoms with Gasteiger partial charge in [-0.2, -0.15) is 0 Å². The van der Waals surface area contributed by atoms with Gasteiger partial charge in [0.15, 0.2) is 11.6 Å². The van der Waals surface area contributed by atoms with E-state index in [-0.39, 0.29) is 6.10 Å². The molecule has 0 bridgehead atoms. The first-order valence-corrected chi connectivity index (χ1v) is 9.94. The van der Waals surface area contributed by atoms with Crippen molar-refractivity contribution in [2.75, 3.05) is 25.1 Å². The minimum atomic E-state index is -0.793. The van der Waals surface area contributed by atoms with Gasteiger partial charge in [0.05, 0.1) is 11.1 Å². The van der Waals surface area contributed by atoms with Crippen LogP contribution in [0.2, 0.25) is 0 Å². The van der Waals surface area contributed by atoms with Crippen LogP contribution in [0.3, 0.4) is 0 Å². The summed E-state index contributed by atoms with van der Waals surface area (Å²) in [7, 11) is 1.74. The standard InChI is InChI=1S/C22H19F2NOS/c1-26-15-8-9-25(12-15)19-11-17-20-14(6-7-18(23)21(20)24)10-13-4-2-3-5-16(13)22(17)27-19/h2-7,11,15H,8-10,12H2,1H3/t15-/m0/s1. The first-order valence-electron chi connectivity index (χ1n) is 9.13. The molecular formula is C22H19F2NOS. The van der Waals surface area contributed by atoms with E-state index in [1.165, 1.54) is 6.07 Å². The van der Waals surface area contributed by atoms with E-state index in [1.54, 1.807) is 24.5 Å². The van der Waals surface area contributed by atoms with E-state index in [9.17, 15) is 8.78 Å². The topological polar surface area (TPSA) is 12.5 Å². The summed E-state index contributed by atoms with van der Waals surface area (Å²) in [5.74, 6) is -1.54. The zero-order valence-corrected chi connectivity index (χ0v) is 15.8. The molecule has 1 saturated heterocycles. The highest BCUT2D eigenvalue weighted by Gasteiger charge is 2.29. The van der Waals surface area contributed by atoms with Crippen LogP contribution in [0.1, 0.15) is 17.5 Å². The number of hydrogen-bond donors (Lipinski definition) is 0. The molecule has 0 saturated carbocycles. The lowest BCUT2D eigenvalue weighted by molar-refractivity contribution is 0.121. The summed E-state index contributed by atoms with van der Waals surface area (Å²) in [6.07, 6.45) is 1.81. The van der Waals surface area contributed by atoms with Crippen LogP contribution in [0, 0.1) is 11.6 Å². The number of benzene rings is 2. The third-order valence-electron chi connectivity index (χ3n) is 5.60. The zero-order valence-electron chi connectivity index (χ0n) is 15.0. The van der Waals surface area contributed by atoms with Gasteiger partial charge in [0.2, 0.25) is 0 Å². The monoisotopic (exact) mass is 383 g/mol. The van der Waals surface area contributed by atoms with Crippen molar-refractivity contribution in [3.8, 4) is 21.6 Å². The van der Waals surface area contributed by atoms with Gasteiger partial charge in [-0.15, -0.1) is 11.3 Å². The molecule has 0 N–H and O–H groups in total. The minimum Gasteiger partial charge on any atom is -0.380 e. The number of ether oxygens (including phenoxy) is 1. The molecule has 0 radical (unpaired) electrons. The number of hydrogen-bond acceptors (Lipinski definition) is 3. The van der Waals surface area contributed by atoms with Gasteiger partial charge in [0, 0.05) is 36.2 Å². The van der Waals surface area contributed by atoms with Crippen molar-refractivity contribution in [1.29, 1.82) is 0 Å². The van der Waals surface area contributed by atoms with Crippen LogP contribution < -0.4 is 4.90 Å². The number of anilines is 1. The van der Waals surface area contributed by atoms with E-state index >= 15 is 0 Å². The Kier molecular flexibility index (Phi) is 4.02. The van der Waals surface area contributed by atoms with Crippen molar-refractivity contribution in [2.24, 2.45) is 0 Å². The Morgan fingerprint density at radius 1 is 1.07 bits per heavy atom. The quantitative estimate of drug-likeness (QED) is 0.454. The van der Waals surface area contributed by atoms with Crippen LogP contribution in [-0.2, 0) is 11.2 Å². The molecule has 2 nitrogen and oxygen atoms in total. The van der Waals surface area contributed by atoms with Crippen LogP contribution in [0.25, 0.3) is 21.6 Å². The minimum absolute atomic E-state index is 0.223. The van der Waals surface area contributed by atoms with Gasteiger partial charge in [-0.1, -0.05) is 30.3 Å². The number of rotatable bonds is 2. The highest BCUT2D eigenvalue weighted by atomic mass is 32.1. The molecule has 1 aliphatic heterocycles. The molecule has 2 aromatic carbocycles. The average Bonchev–Trinajstić information content (AvgIpc) is 3.30. The highest BCUT2D eigenvalue weighted by molar-refractivity contribution is 7.20. The second-order valence-corrected chi connectivity index (χ2v) is 8.18. The van der Waals surface area contributed by atoms with Crippen LogP contribution in [0.5, 0.6) is 0 Å². The molecule has 1 aromatic heterocycles. The maximum Gasteiger partial charge on any atom is 0.166 e. The van der Waals surface area contributed by atoms with E-state index < -0.39 is 11.6 Å². The van der Waals surface area contributed by atoms with Gasteiger partial charge in [0.1, 0.15) is 0 Å². The molecule has 2 heterocycles. The Labute approximate surface area is 161 Å². The lowest BCUT2D eigenvalue weighted by Gasteiger charge is -2.16. The summed E-state index contributed by atoms with van der Waals surface area (Å²) in [4.78, 5) is 3.30. The van der Waals surface area contributed by atoms with Gasteiger partial charge < -0.3 is 9.64 Å². The van der Waals surface area contributed by atoms with Crippen molar-refractivity contribution in [2.45, 2.75) is 18.9 Å². The number of nitrogens with zero attached hydrogens (tertiary/aromatic N) is 1. The van der Waals surface area contributed by atoms with Crippen molar-refractivity contribution in [3.05, 3.63) is 65.2 Å². The molecule has 5 rings (SSSR count). The molecule has 2 aliphatic rings. The Balaban J connectivity index is 1.72. The van der Waals surface area contributed by atoms with Crippen molar-refractivity contribution in [3.63, 3.8) is 0 Å². The van der Waals surface area contributed by atoms with Crippen LogP contribution >= 0.6 is 11.3 Å². The van der Waals surface area contributed by atoms with Crippen LogP contribution in [0.15, 0.2) is 42.5 Å². The van der Waals surface area contributed by atoms with Gasteiger partial charge in [-0.25, -0.2) is 8.78 Å². The molecule has 1 aliphatic carbocycles. The van der Waals surface area contributed by atoms with E-state index in [4.69, 9.17) is 4.74 Å². The normalized spacial score (nSPS) is 18.0. The largest absolute Gasteiger partial charge is 0.380 e. The van der Waals surface area contributed by atoms with Crippen LogP contribution in [0.4, 0.5) is 13.8 Å². The number of halogens is 2.